The Kier molecular flexibility index (Phi) is 5.35. The summed E-state index contributed by atoms with van der Waals surface area (Å²) in [5.74, 6) is 0. The molecular weight excluding hydrogens is 344 g/mol. The van der Waals surface area contributed by atoms with Crippen LogP contribution in [-0.4, -0.2) is 54.5 Å². The lowest BCUT2D eigenvalue weighted by atomic mass is 10.1. The summed E-state index contributed by atoms with van der Waals surface area (Å²) in [4.78, 5) is 24.8. The molecule has 3 rings (SSSR count). The third-order valence-corrected chi connectivity index (χ3v) is 4.43. The molecular formula is C17H20N2O7. The summed E-state index contributed by atoms with van der Waals surface area (Å²) in [6.45, 7) is -0.812. The highest BCUT2D eigenvalue weighted by Crippen LogP contribution is 2.27. The third-order valence-electron chi connectivity index (χ3n) is 4.43. The number of aliphatic hydroxyl groups is 4. The summed E-state index contributed by atoms with van der Waals surface area (Å²) >= 11 is 0. The molecule has 0 aliphatic carbocycles. The standard InChI is InChI=1S/C17H20N2O7/c20-9-12-14(23)15(24)16(26-12)18-7-6-13(22)19(17(18)25)8-11(21)10-4-2-1-3-5-10/h1-7,11-12,14-16,20-21,23-24H,8-9H2/t11-,12-,14-,15-,16-/m1/s1. The molecule has 1 saturated heterocycles. The molecule has 5 atom stereocenters. The zero-order valence-corrected chi connectivity index (χ0v) is 13.8. The van der Waals surface area contributed by atoms with Gasteiger partial charge in [0.2, 0.25) is 0 Å². The van der Waals surface area contributed by atoms with Gasteiger partial charge >= 0.3 is 5.69 Å². The van der Waals surface area contributed by atoms with Crippen LogP contribution in [0.5, 0.6) is 0 Å². The molecule has 0 bridgehead atoms. The monoisotopic (exact) mass is 364 g/mol. The van der Waals surface area contributed by atoms with E-state index in [9.17, 15) is 24.9 Å². The van der Waals surface area contributed by atoms with Crippen molar-refractivity contribution < 1.29 is 25.2 Å². The number of aliphatic hydroxyl groups excluding tert-OH is 4. The number of rotatable bonds is 5. The fraction of sp³-hybridized carbons (Fsp3) is 0.412. The van der Waals surface area contributed by atoms with E-state index < -0.39 is 48.5 Å². The van der Waals surface area contributed by atoms with Gasteiger partial charge in [0.05, 0.1) is 19.3 Å². The molecule has 0 amide bonds. The molecule has 1 aromatic heterocycles. The van der Waals surface area contributed by atoms with Crippen LogP contribution in [0, 0.1) is 0 Å². The lowest BCUT2D eigenvalue weighted by Gasteiger charge is -2.19. The molecule has 4 N–H and O–H groups in total. The molecule has 1 aliphatic heterocycles. The number of nitrogens with zero attached hydrogens (tertiary/aromatic N) is 2. The van der Waals surface area contributed by atoms with Crippen LogP contribution in [0.3, 0.4) is 0 Å². The Balaban J connectivity index is 1.93. The van der Waals surface area contributed by atoms with Crippen LogP contribution in [-0.2, 0) is 11.3 Å². The molecule has 9 nitrogen and oxygen atoms in total. The van der Waals surface area contributed by atoms with Crippen LogP contribution >= 0.6 is 0 Å². The summed E-state index contributed by atoms with van der Waals surface area (Å²) in [5, 5.41) is 39.4. The van der Waals surface area contributed by atoms with Gasteiger partial charge in [-0.05, 0) is 5.56 Å². The van der Waals surface area contributed by atoms with Crippen molar-refractivity contribution in [3.05, 3.63) is 69.0 Å². The van der Waals surface area contributed by atoms with Gasteiger partial charge in [0.25, 0.3) is 5.56 Å². The predicted octanol–water partition coefficient (Wildman–Crippen LogP) is -1.64. The maximum Gasteiger partial charge on any atom is 0.333 e. The highest BCUT2D eigenvalue weighted by Gasteiger charge is 2.43. The van der Waals surface area contributed by atoms with E-state index in [-0.39, 0.29) is 6.54 Å². The van der Waals surface area contributed by atoms with Crippen molar-refractivity contribution in [3.8, 4) is 0 Å². The first-order chi connectivity index (χ1) is 12.4. The molecule has 140 valence electrons. The Morgan fingerprint density at radius 2 is 1.77 bits per heavy atom. The lowest BCUT2D eigenvalue weighted by molar-refractivity contribution is -0.0558. The minimum Gasteiger partial charge on any atom is -0.394 e. The minimum atomic E-state index is -1.45. The summed E-state index contributed by atoms with van der Waals surface area (Å²) in [6.07, 6.45) is -5.05. The molecule has 0 saturated carbocycles. The van der Waals surface area contributed by atoms with Gasteiger partial charge < -0.3 is 25.2 Å². The fourth-order valence-electron chi connectivity index (χ4n) is 2.96. The second-order valence-electron chi connectivity index (χ2n) is 6.11. The number of ether oxygens (including phenoxy) is 1. The Hall–Kier alpha value is -2.30. The molecule has 1 fully saturated rings. The van der Waals surface area contributed by atoms with E-state index >= 15 is 0 Å². The smallest absolute Gasteiger partial charge is 0.333 e. The van der Waals surface area contributed by atoms with E-state index in [0.29, 0.717) is 5.56 Å². The first-order valence-electron chi connectivity index (χ1n) is 8.11. The zero-order chi connectivity index (χ0) is 18.8. The highest BCUT2D eigenvalue weighted by atomic mass is 16.6. The van der Waals surface area contributed by atoms with Crippen molar-refractivity contribution in [1.29, 1.82) is 0 Å². The summed E-state index contributed by atoms with van der Waals surface area (Å²) in [5.41, 5.74) is -0.877. The molecule has 0 radical (unpaired) electrons. The number of aromatic nitrogens is 2. The van der Waals surface area contributed by atoms with Gasteiger partial charge in [0.15, 0.2) is 6.23 Å². The van der Waals surface area contributed by atoms with E-state index in [4.69, 9.17) is 9.84 Å². The normalized spacial score (nSPS) is 26.8. The Morgan fingerprint density at radius 1 is 1.08 bits per heavy atom. The molecule has 1 aliphatic rings. The maximum atomic E-state index is 12.7. The molecule has 2 heterocycles. The molecule has 0 unspecified atom stereocenters. The average molecular weight is 364 g/mol. The summed E-state index contributed by atoms with van der Waals surface area (Å²) in [7, 11) is 0. The molecule has 2 aromatic rings. The van der Waals surface area contributed by atoms with Gasteiger partial charge in [-0.1, -0.05) is 30.3 Å². The van der Waals surface area contributed by atoms with Gasteiger partial charge in [-0.25, -0.2) is 4.79 Å². The quantitative estimate of drug-likeness (QED) is 0.500. The van der Waals surface area contributed by atoms with Crippen molar-refractivity contribution in [3.63, 3.8) is 0 Å². The van der Waals surface area contributed by atoms with Gasteiger partial charge in [-0.2, -0.15) is 0 Å². The van der Waals surface area contributed by atoms with Crippen LogP contribution in [0.15, 0.2) is 52.2 Å². The first-order valence-corrected chi connectivity index (χ1v) is 8.11. The Labute approximate surface area is 148 Å². The fourth-order valence-corrected chi connectivity index (χ4v) is 2.96. The SMILES string of the molecule is O=c1ccn([C@@H]2O[C@H](CO)[C@@H](O)[C@H]2O)c(=O)n1C[C@@H](O)c1ccccc1. The molecule has 0 spiro atoms. The average Bonchev–Trinajstić information content (AvgIpc) is 2.94. The van der Waals surface area contributed by atoms with E-state index in [1.807, 2.05) is 0 Å². The van der Waals surface area contributed by atoms with E-state index in [0.717, 1.165) is 21.4 Å². The largest absolute Gasteiger partial charge is 0.394 e. The van der Waals surface area contributed by atoms with Crippen molar-refractivity contribution in [2.75, 3.05) is 6.61 Å². The lowest BCUT2D eigenvalue weighted by Crippen LogP contribution is -2.43. The Bertz CT molecular complexity index is 863. The van der Waals surface area contributed by atoms with E-state index in [1.54, 1.807) is 30.3 Å². The zero-order valence-electron chi connectivity index (χ0n) is 13.8. The van der Waals surface area contributed by atoms with Gasteiger partial charge in [-0.3, -0.25) is 13.9 Å². The van der Waals surface area contributed by atoms with Crippen LogP contribution in [0.4, 0.5) is 0 Å². The second-order valence-corrected chi connectivity index (χ2v) is 6.11. The summed E-state index contributed by atoms with van der Waals surface area (Å²) in [6, 6.07) is 9.67. The number of hydrogen-bond acceptors (Lipinski definition) is 7. The van der Waals surface area contributed by atoms with Crippen LogP contribution in [0.25, 0.3) is 0 Å². The Morgan fingerprint density at radius 3 is 2.38 bits per heavy atom. The second kappa shape index (κ2) is 7.52. The number of benzene rings is 1. The van der Waals surface area contributed by atoms with Crippen molar-refractivity contribution in [2.24, 2.45) is 0 Å². The van der Waals surface area contributed by atoms with Crippen LogP contribution < -0.4 is 11.2 Å². The van der Waals surface area contributed by atoms with Gasteiger partial charge in [0.1, 0.15) is 18.3 Å². The van der Waals surface area contributed by atoms with E-state index in [2.05, 4.69) is 0 Å². The summed E-state index contributed by atoms with van der Waals surface area (Å²) < 4.78 is 7.11. The van der Waals surface area contributed by atoms with Crippen LogP contribution in [0.2, 0.25) is 0 Å². The third kappa shape index (κ3) is 3.35. The predicted molar refractivity (Wildman–Crippen MR) is 89.4 cm³/mol. The van der Waals surface area contributed by atoms with Crippen molar-refractivity contribution >= 4 is 0 Å². The van der Waals surface area contributed by atoms with E-state index in [1.165, 1.54) is 0 Å². The van der Waals surface area contributed by atoms with Crippen LogP contribution in [0.1, 0.15) is 17.9 Å². The maximum absolute atomic E-state index is 12.7. The highest BCUT2D eigenvalue weighted by molar-refractivity contribution is 5.17. The van der Waals surface area contributed by atoms with Crippen molar-refractivity contribution in [2.45, 2.75) is 37.2 Å². The minimum absolute atomic E-state index is 0.280. The molecule has 1 aromatic carbocycles. The van der Waals surface area contributed by atoms with Gasteiger partial charge in [-0.15, -0.1) is 0 Å². The topological polar surface area (TPSA) is 134 Å². The molecule has 9 heteroatoms. The van der Waals surface area contributed by atoms with Gasteiger partial charge in [0, 0.05) is 12.3 Å². The molecule has 26 heavy (non-hydrogen) atoms. The van der Waals surface area contributed by atoms with Crippen molar-refractivity contribution in [1.82, 2.24) is 9.13 Å². The first kappa shape index (κ1) is 18.5. The number of hydrogen-bond donors (Lipinski definition) is 4.